The number of rotatable bonds is 3. The third kappa shape index (κ3) is 3.60. The van der Waals surface area contributed by atoms with Gasteiger partial charge in [0.15, 0.2) is 0 Å². The van der Waals surface area contributed by atoms with Crippen LogP contribution in [0.4, 0.5) is 10.1 Å². The van der Waals surface area contributed by atoms with Gasteiger partial charge in [-0.3, -0.25) is 9.69 Å². The lowest BCUT2D eigenvalue weighted by molar-refractivity contribution is 0.0559. The van der Waals surface area contributed by atoms with Crippen LogP contribution in [-0.4, -0.2) is 66.0 Å². The van der Waals surface area contributed by atoms with Crippen molar-refractivity contribution in [2.45, 2.75) is 18.9 Å². The molecule has 3 heterocycles. The molecule has 1 N–H and O–H groups in total. The number of amides is 1. The predicted molar refractivity (Wildman–Crippen MR) is 99.9 cm³/mol. The van der Waals surface area contributed by atoms with E-state index in [2.05, 4.69) is 14.8 Å². The molecule has 0 radical (unpaired) electrons. The summed E-state index contributed by atoms with van der Waals surface area (Å²) in [5, 5.41) is 0. The van der Waals surface area contributed by atoms with Crippen molar-refractivity contribution in [1.82, 2.24) is 14.8 Å². The van der Waals surface area contributed by atoms with E-state index >= 15 is 0 Å². The molecule has 1 amide bonds. The van der Waals surface area contributed by atoms with Gasteiger partial charge in [-0.2, -0.15) is 0 Å². The minimum absolute atomic E-state index is 0.102. The lowest BCUT2D eigenvalue weighted by Gasteiger charge is -2.43. The fourth-order valence-corrected chi connectivity index (χ4v) is 4.07. The van der Waals surface area contributed by atoms with Gasteiger partial charge in [-0.1, -0.05) is 0 Å². The molecule has 1 aromatic carbocycles. The second-order valence-corrected chi connectivity index (χ2v) is 7.13. The lowest BCUT2D eigenvalue weighted by atomic mass is 10.0. The summed E-state index contributed by atoms with van der Waals surface area (Å²) in [5.74, 6) is -0.0916. The summed E-state index contributed by atoms with van der Waals surface area (Å²) in [6.07, 6.45) is 3.99. The smallest absolute Gasteiger partial charge is 0.270 e. The van der Waals surface area contributed by atoms with E-state index in [0.717, 1.165) is 57.8 Å². The average molecular weight is 356 g/mol. The van der Waals surface area contributed by atoms with Gasteiger partial charge in [0, 0.05) is 57.2 Å². The van der Waals surface area contributed by atoms with Crippen molar-refractivity contribution in [2.24, 2.45) is 0 Å². The molecule has 26 heavy (non-hydrogen) atoms. The van der Waals surface area contributed by atoms with Crippen LogP contribution in [-0.2, 0) is 0 Å². The molecule has 2 aliphatic heterocycles. The standard InChI is InChI=1S/C20H25FN4O/c21-16-5-7-17(8-6-16)23-11-13-24(14-12-23)18-3-2-10-25(15-18)20(26)19-4-1-9-22-19/h1,4-9,18,22H,2-3,10-15H2. The van der Waals surface area contributed by atoms with Gasteiger partial charge in [0.25, 0.3) is 5.91 Å². The summed E-state index contributed by atoms with van der Waals surface area (Å²) in [4.78, 5) is 22.4. The first kappa shape index (κ1) is 17.1. The van der Waals surface area contributed by atoms with Crippen molar-refractivity contribution in [2.75, 3.05) is 44.2 Å². The Labute approximate surface area is 153 Å². The molecule has 0 bridgehead atoms. The molecular formula is C20H25FN4O. The van der Waals surface area contributed by atoms with Crippen LogP contribution in [0, 0.1) is 5.82 Å². The van der Waals surface area contributed by atoms with Gasteiger partial charge in [0.1, 0.15) is 11.5 Å². The van der Waals surface area contributed by atoms with E-state index in [1.807, 2.05) is 29.2 Å². The maximum Gasteiger partial charge on any atom is 0.270 e. The first-order valence-corrected chi connectivity index (χ1v) is 9.38. The summed E-state index contributed by atoms with van der Waals surface area (Å²) in [7, 11) is 0. The molecule has 2 aliphatic rings. The van der Waals surface area contributed by atoms with Gasteiger partial charge in [0.05, 0.1) is 0 Å². The fourth-order valence-electron chi connectivity index (χ4n) is 4.07. The molecule has 0 saturated carbocycles. The molecule has 5 nitrogen and oxygen atoms in total. The third-order valence-corrected chi connectivity index (χ3v) is 5.53. The zero-order valence-corrected chi connectivity index (χ0v) is 14.9. The number of piperazine rings is 1. The second-order valence-electron chi connectivity index (χ2n) is 7.13. The maximum atomic E-state index is 13.1. The highest BCUT2D eigenvalue weighted by molar-refractivity contribution is 5.92. The fraction of sp³-hybridized carbons (Fsp3) is 0.450. The molecule has 2 fully saturated rings. The Morgan fingerprint density at radius 2 is 1.81 bits per heavy atom. The van der Waals surface area contributed by atoms with Crippen molar-refractivity contribution < 1.29 is 9.18 Å². The van der Waals surface area contributed by atoms with Gasteiger partial charge >= 0.3 is 0 Å². The predicted octanol–water partition coefficient (Wildman–Crippen LogP) is 2.58. The lowest BCUT2D eigenvalue weighted by Crippen LogP contribution is -2.55. The number of H-pyrrole nitrogens is 1. The number of benzene rings is 1. The van der Waals surface area contributed by atoms with E-state index in [1.165, 1.54) is 12.1 Å². The number of carbonyl (C=O) groups is 1. The molecule has 4 rings (SSSR count). The Hall–Kier alpha value is -2.34. The monoisotopic (exact) mass is 356 g/mol. The number of aromatic amines is 1. The molecule has 6 heteroatoms. The molecule has 1 atom stereocenters. The first-order valence-electron chi connectivity index (χ1n) is 9.38. The Morgan fingerprint density at radius 3 is 2.50 bits per heavy atom. The van der Waals surface area contributed by atoms with E-state index in [9.17, 15) is 9.18 Å². The van der Waals surface area contributed by atoms with E-state index in [-0.39, 0.29) is 11.7 Å². The quantitative estimate of drug-likeness (QED) is 0.919. The van der Waals surface area contributed by atoms with Crippen LogP contribution in [0.2, 0.25) is 0 Å². The Balaban J connectivity index is 1.34. The topological polar surface area (TPSA) is 42.6 Å². The van der Waals surface area contributed by atoms with Crippen LogP contribution in [0.5, 0.6) is 0 Å². The van der Waals surface area contributed by atoms with Crippen LogP contribution in [0.1, 0.15) is 23.3 Å². The average Bonchev–Trinajstić information content (AvgIpc) is 3.23. The number of anilines is 1. The summed E-state index contributed by atoms with van der Waals surface area (Å²) in [6, 6.07) is 10.9. The van der Waals surface area contributed by atoms with Gasteiger partial charge in [-0.15, -0.1) is 0 Å². The molecule has 1 unspecified atom stereocenters. The van der Waals surface area contributed by atoms with Gasteiger partial charge in [0.2, 0.25) is 0 Å². The van der Waals surface area contributed by atoms with Gasteiger partial charge in [-0.25, -0.2) is 4.39 Å². The zero-order valence-electron chi connectivity index (χ0n) is 14.9. The van der Waals surface area contributed by atoms with Gasteiger partial charge in [-0.05, 0) is 49.2 Å². The summed E-state index contributed by atoms with van der Waals surface area (Å²) in [6.45, 7) is 5.47. The first-order chi connectivity index (χ1) is 12.7. The second kappa shape index (κ2) is 7.50. The highest BCUT2D eigenvalue weighted by atomic mass is 19.1. The maximum absolute atomic E-state index is 13.1. The summed E-state index contributed by atoms with van der Waals surface area (Å²) < 4.78 is 13.1. The summed E-state index contributed by atoms with van der Waals surface area (Å²) >= 11 is 0. The van der Waals surface area contributed by atoms with E-state index in [1.54, 1.807) is 6.20 Å². The minimum Gasteiger partial charge on any atom is -0.369 e. The summed E-state index contributed by atoms with van der Waals surface area (Å²) in [5.41, 5.74) is 1.75. The molecule has 138 valence electrons. The number of nitrogens with one attached hydrogen (secondary N) is 1. The Morgan fingerprint density at radius 1 is 1.04 bits per heavy atom. The van der Waals surface area contributed by atoms with Gasteiger partial charge < -0.3 is 14.8 Å². The molecule has 1 aromatic heterocycles. The van der Waals surface area contributed by atoms with Crippen LogP contribution >= 0.6 is 0 Å². The number of nitrogens with zero attached hydrogens (tertiary/aromatic N) is 3. The highest BCUT2D eigenvalue weighted by Crippen LogP contribution is 2.22. The Kier molecular flexibility index (Phi) is 4.93. The number of hydrogen-bond acceptors (Lipinski definition) is 3. The molecule has 2 saturated heterocycles. The molecule has 2 aromatic rings. The van der Waals surface area contributed by atoms with E-state index < -0.39 is 0 Å². The normalized spacial score (nSPS) is 21.8. The third-order valence-electron chi connectivity index (χ3n) is 5.53. The number of aromatic nitrogens is 1. The van der Waals surface area contributed by atoms with Crippen molar-refractivity contribution in [3.63, 3.8) is 0 Å². The van der Waals surface area contributed by atoms with Crippen LogP contribution < -0.4 is 4.90 Å². The number of likely N-dealkylation sites (tertiary alicyclic amines) is 1. The zero-order chi connectivity index (χ0) is 17.9. The van der Waals surface area contributed by atoms with Crippen LogP contribution in [0.15, 0.2) is 42.6 Å². The largest absolute Gasteiger partial charge is 0.369 e. The van der Waals surface area contributed by atoms with Crippen molar-refractivity contribution in [3.05, 3.63) is 54.1 Å². The number of piperidine rings is 1. The van der Waals surface area contributed by atoms with Crippen LogP contribution in [0.3, 0.4) is 0 Å². The SMILES string of the molecule is O=C(c1ccc[nH]1)N1CCCC(N2CCN(c3ccc(F)cc3)CC2)C1. The minimum atomic E-state index is -0.193. The molecule has 0 spiro atoms. The molecular weight excluding hydrogens is 331 g/mol. The Bertz CT molecular complexity index is 723. The van der Waals surface area contributed by atoms with Crippen molar-refractivity contribution in [1.29, 1.82) is 0 Å². The van der Waals surface area contributed by atoms with Crippen molar-refractivity contribution in [3.8, 4) is 0 Å². The number of carbonyl (C=O) groups excluding carboxylic acids is 1. The molecule has 0 aliphatic carbocycles. The van der Waals surface area contributed by atoms with Crippen LogP contribution in [0.25, 0.3) is 0 Å². The van der Waals surface area contributed by atoms with E-state index in [0.29, 0.717) is 11.7 Å². The van der Waals surface area contributed by atoms with E-state index in [4.69, 9.17) is 0 Å². The van der Waals surface area contributed by atoms with Crippen molar-refractivity contribution >= 4 is 11.6 Å². The number of halogens is 1. The number of hydrogen-bond donors (Lipinski definition) is 1. The highest BCUT2D eigenvalue weighted by Gasteiger charge is 2.30.